The van der Waals surface area contributed by atoms with E-state index < -0.39 is 5.97 Å². The van der Waals surface area contributed by atoms with E-state index in [9.17, 15) is 9.59 Å². The Bertz CT molecular complexity index is 969. The number of para-hydroxylation sites is 1. The number of rotatable bonds is 9. The number of esters is 1. The molecule has 0 aliphatic rings. The van der Waals surface area contributed by atoms with Gasteiger partial charge in [-0.15, -0.1) is 10.2 Å². The Morgan fingerprint density at radius 2 is 2.00 bits per heavy atom. The molecule has 0 fully saturated rings. The number of anilines is 1. The van der Waals surface area contributed by atoms with Crippen LogP contribution in [0.3, 0.4) is 0 Å². The number of benzene rings is 1. The summed E-state index contributed by atoms with van der Waals surface area (Å²) in [5.74, 6) is 0.357. The zero-order valence-corrected chi connectivity index (χ0v) is 17.1. The summed E-state index contributed by atoms with van der Waals surface area (Å²) in [6, 6.07) is 11.1. The van der Waals surface area contributed by atoms with Gasteiger partial charge in [0.15, 0.2) is 23.3 Å². The SMILES string of the molecule is CCc1ccccc1NC(=O)COC(=O)CSc1nnc(-c2ccco2)n1CC. The van der Waals surface area contributed by atoms with Crippen LogP contribution in [0.15, 0.2) is 52.2 Å². The molecule has 29 heavy (non-hydrogen) atoms. The lowest BCUT2D eigenvalue weighted by Crippen LogP contribution is -2.22. The smallest absolute Gasteiger partial charge is 0.316 e. The van der Waals surface area contributed by atoms with Crippen molar-refractivity contribution in [2.45, 2.75) is 32.0 Å². The van der Waals surface area contributed by atoms with Crippen LogP contribution in [0, 0.1) is 0 Å². The highest BCUT2D eigenvalue weighted by Crippen LogP contribution is 2.24. The van der Waals surface area contributed by atoms with Gasteiger partial charge >= 0.3 is 5.97 Å². The van der Waals surface area contributed by atoms with E-state index in [1.54, 1.807) is 18.4 Å². The molecule has 0 aliphatic heterocycles. The minimum atomic E-state index is -0.501. The van der Waals surface area contributed by atoms with Gasteiger partial charge in [-0.1, -0.05) is 36.9 Å². The van der Waals surface area contributed by atoms with Gasteiger partial charge in [-0.3, -0.25) is 14.2 Å². The molecule has 9 heteroatoms. The number of hydrogen-bond donors (Lipinski definition) is 1. The third kappa shape index (κ3) is 5.26. The topological polar surface area (TPSA) is 99.2 Å². The summed E-state index contributed by atoms with van der Waals surface area (Å²) in [6.45, 7) is 4.25. The van der Waals surface area contributed by atoms with Crippen LogP contribution in [0.2, 0.25) is 0 Å². The molecule has 1 N–H and O–H groups in total. The Morgan fingerprint density at radius 1 is 1.17 bits per heavy atom. The number of aryl methyl sites for hydroxylation is 1. The third-order valence-electron chi connectivity index (χ3n) is 4.13. The van der Waals surface area contributed by atoms with Crippen LogP contribution >= 0.6 is 11.8 Å². The second-order valence-corrected chi connectivity index (χ2v) is 6.98. The molecule has 0 atom stereocenters. The minimum absolute atomic E-state index is 0.0229. The highest BCUT2D eigenvalue weighted by Gasteiger charge is 2.17. The Hall–Kier alpha value is -3.07. The first-order chi connectivity index (χ1) is 14.1. The summed E-state index contributed by atoms with van der Waals surface area (Å²) >= 11 is 1.20. The van der Waals surface area contributed by atoms with E-state index in [0.717, 1.165) is 17.7 Å². The maximum Gasteiger partial charge on any atom is 0.316 e. The quantitative estimate of drug-likeness (QED) is 0.423. The third-order valence-corrected chi connectivity index (χ3v) is 5.07. The number of ether oxygens (including phenoxy) is 1. The largest absolute Gasteiger partial charge is 0.461 e. The fourth-order valence-electron chi connectivity index (χ4n) is 2.72. The Balaban J connectivity index is 1.50. The van der Waals surface area contributed by atoms with Crippen molar-refractivity contribution >= 4 is 29.3 Å². The molecule has 0 bridgehead atoms. The van der Waals surface area contributed by atoms with Crippen LogP contribution in [0.25, 0.3) is 11.6 Å². The Morgan fingerprint density at radius 3 is 2.72 bits per heavy atom. The minimum Gasteiger partial charge on any atom is -0.461 e. The Labute approximate surface area is 172 Å². The van der Waals surface area contributed by atoms with Gasteiger partial charge in [0, 0.05) is 12.2 Å². The molecule has 3 aromatic rings. The van der Waals surface area contributed by atoms with Gasteiger partial charge in [-0.05, 0) is 37.1 Å². The predicted molar refractivity (Wildman–Crippen MR) is 110 cm³/mol. The highest BCUT2D eigenvalue weighted by atomic mass is 32.2. The van der Waals surface area contributed by atoms with E-state index in [0.29, 0.717) is 23.3 Å². The first-order valence-corrected chi connectivity index (χ1v) is 10.2. The highest BCUT2D eigenvalue weighted by molar-refractivity contribution is 7.99. The maximum atomic E-state index is 12.1. The van der Waals surface area contributed by atoms with Crippen LogP contribution in [0.4, 0.5) is 5.69 Å². The zero-order valence-electron chi connectivity index (χ0n) is 16.3. The standard InChI is InChI=1S/C20H22N4O4S/c1-3-14-8-5-6-9-15(14)21-17(25)12-28-18(26)13-29-20-23-22-19(24(20)4-2)16-10-7-11-27-16/h5-11H,3-4,12-13H2,1-2H3,(H,21,25). The van der Waals surface area contributed by atoms with E-state index in [1.807, 2.05) is 42.7 Å². The van der Waals surface area contributed by atoms with Gasteiger partial charge in [0.05, 0.1) is 12.0 Å². The second-order valence-electron chi connectivity index (χ2n) is 6.04. The number of thioether (sulfide) groups is 1. The lowest BCUT2D eigenvalue weighted by atomic mass is 10.1. The molecule has 0 saturated carbocycles. The van der Waals surface area contributed by atoms with Crippen LogP contribution in [-0.4, -0.2) is 39.0 Å². The molecule has 2 heterocycles. The van der Waals surface area contributed by atoms with Crippen molar-refractivity contribution in [3.63, 3.8) is 0 Å². The van der Waals surface area contributed by atoms with Gasteiger partial charge < -0.3 is 14.5 Å². The van der Waals surface area contributed by atoms with Gasteiger partial charge in [0.1, 0.15) is 0 Å². The number of amides is 1. The molecule has 0 radical (unpaired) electrons. The van der Waals surface area contributed by atoms with E-state index in [2.05, 4.69) is 15.5 Å². The maximum absolute atomic E-state index is 12.1. The molecule has 152 valence electrons. The fourth-order valence-corrected chi connectivity index (χ4v) is 3.52. The second kappa shape index (κ2) is 9.92. The summed E-state index contributed by atoms with van der Waals surface area (Å²) in [5, 5.41) is 11.6. The normalized spacial score (nSPS) is 10.7. The summed E-state index contributed by atoms with van der Waals surface area (Å²) in [5.41, 5.74) is 1.75. The number of carbonyl (C=O) groups is 2. The average Bonchev–Trinajstić information content (AvgIpc) is 3.40. The van der Waals surface area contributed by atoms with Gasteiger partial charge in [0.25, 0.3) is 5.91 Å². The van der Waals surface area contributed by atoms with Crippen LogP contribution < -0.4 is 5.32 Å². The molecule has 1 aromatic carbocycles. The average molecular weight is 414 g/mol. The molecule has 1 amide bonds. The molecule has 2 aromatic heterocycles. The molecule has 0 aliphatic carbocycles. The van der Waals surface area contributed by atoms with Crippen molar-refractivity contribution in [3.8, 4) is 11.6 Å². The summed E-state index contributed by atoms with van der Waals surface area (Å²) in [4.78, 5) is 24.1. The lowest BCUT2D eigenvalue weighted by molar-refractivity contribution is -0.144. The number of carbonyl (C=O) groups excluding carboxylic acids is 2. The van der Waals surface area contributed by atoms with Gasteiger partial charge in [-0.25, -0.2) is 0 Å². The van der Waals surface area contributed by atoms with Crippen LogP contribution in [-0.2, 0) is 27.3 Å². The molecule has 0 saturated heterocycles. The molecule has 3 rings (SSSR count). The number of nitrogens with one attached hydrogen (secondary N) is 1. The van der Waals surface area contributed by atoms with Crippen molar-refractivity contribution in [1.29, 1.82) is 0 Å². The first-order valence-electron chi connectivity index (χ1n) is 9.25. The molecular weight excluding hydrogens is 392 g/mol. The predicted octanol–water partition coefficient (Wildman–Crippen LogP) is 3.39. The molecular formula is C20H22N4O4S. The zero-order chi connectivity index (χ0) is 20.6. The molecule has 8 nitrogen and oxygen atoms in total. The van der Waals surface area contributed by atoms with Crippen molar-refractivity contribution in [2.24, 2.45) is 0 Å². The van der Waals surface area contributed by atoms with Crippen LogP contribution in [0.1, 0.15) is 19.4 Å². The summed E-state index contributed by atoms with van der Waals surface area (Å²) < 4.78 is 12.3. The van der Waals surface area contributed by atoms with E-state index in [1.165, 1.54) is 11.8 Å². The van der Waals surface area contributed by atoms with Crippen molar-refractivity contribution in [2.75, 3.05) is 17.7 Å². The first kappa shape index (κ1) is 20.7. The molecule has 0 unspecified atom stereocenters. The summed E-state index contributed by atoms with van der Waals surface area (Å²) in [6.07, 6.45) is 2.36. The number of hydrogen-bond acceptors (Lipinski definition) is 7. The van der Waals surface area contributed by atoms with E-state index in [-0.39, 0.29) is 18.3 Å². The van der Waals surface area contributed by atoms with Gasteiger partial charge in [0.2, 0.25) is 0 Å². The van der Waals surface area contributed by atoms with Crippen molar-refractivity contribution < 1.29 is 18.7 Å². The number of aromatic nitrogens is 3. The lowest BCUT2D eigenvalue weighted by Gasteiger charge is -2.10. The summed E-state index contributed by atoms with van der Waals surface area (Å²) in [7, 11) is 0. The van der Waals surface area contributed by atoms with Crippen molar-refractivity contribution in [3.05, 3.63) is 48.2 Å². The van der Waals surface area contributed by atoms with E-state index in [4.69, 9.17) is 9.15 Å². The molecule has 0 spiro atoms. The van der Waals surface area contributed by atoms with E-state index >= 15 is 0 Å². The number of nitrogens with zero attached hydrogens (tertiary/aromatic N) is 3. The van der Waals surface area contributed by atoms with Crippen LogP contribution in [0.5, 0.6) is 0 Å². The fraction of sp³-hybridized carbons (Fsp3) is 0.300. The Kier molecular flexibility index (Phi) is 7.07. The van der Waals surface area contributed by atoms with Gasteiger partial charge in [-0.2, -0.15) is 0 Å². The number of furan rings is 1. The van der Waals surface area contributed by atoms with Crippen molar-refractivity contribution in [1.82, 2.24) is 14.8 Å². The monoisotopic (exact) mass is 414 g/mol.